The Morgan fingerprint density at radius 3 is 2.80 bits per heavy atom. The van der Waals surface area contributed by atoms with E-state index in [0.29, 0.717) is 6.54 Å². The van der Waals surface area contributed by atoms with Gasteiger partial charge in [-0.25, -0.2) is 0 Å². The van der Waals surface area contributed by atoms with E-state index in [0.717, 1.165) is 36.8 Å². The highest BCUT2D eigenvalue weighted by molar-refractivity contribution is 5.85. The molecule has 1 heterocycles. The zero-order valence-corrected chi connectivity index (χ0v) is 11.8. The van der Waals surface area contributed by atoms with Crippen LogP contribution in [-0.2, 0) is 0 Å². The standard InChI is InChI=1S/C16H23N3O/c17-10-16(19-8-4-1-5-9-20)15-12-18-11-13-6-2-3-7-14(13)15/h2-3,6-7,11-12,16,19-20H,1,4-5,8-10,17H2. The predicted molar refractivity (Wildman–Crippen MR) is 82.5 cm³/mol. The molecule has 1 atom stereocenters. The van der Waals surface area contributed by atoms with E-state index in [9.17, 15) is 0 Å². The molecule has 4 N–H and O–H groups in total. The number of rotatable bonds is 8. The van der Waals surface area contributed by atoms with E-state index in [1.54, 1.807) is 0 Å². The smallest absolute Gasteiger partial charge is 0.0466 e. The normalized spacial score (nSPS) is 12.7. The van der Waals surface area contributed by atoms with Crippen molar-refractivity contribution in [2.45, 2.75) is 25.3 Å². The molecule has 0 aliphatic heterocycles. The molecule has 0 spiro atoms. The highest BCUT2D eigenvalue weighted by Gasteiger charge is 2.12. The lowest BCUT2D eigenvalue weighted by atomic mass is 10.0. The third-order valence-electron chi connectivity index (χ3n) is 3.54. The quantitative estimate of drug-likeness (QED) is 0.643. The number of aromatic nitrogens is 1. The molecular weight excluding hydrogens is 250 g/mol. The van der Waals surface area contributed by atoms with Crippen LogP contribution >= 0.6 is 0 Å². The average Bonchev–Trinajstić information content (AvgIpc) is 2.51. The molecule has 0 aliphatic carbocycles. The molecule has 0 fully saturated rings. The molecule has 4 nitrogen and oxygen atoms in total. The van der Waals surface area contributed by atoms with Gasteiger partial charge in [-0.3, -0.25) is 4.98 Å². The van der Waals surface area contributed by atoms with Gasteiger partial charge < -0.3 is 16.2 Å². The summed E-state index contributed by atoms with van der Waals surface area (Å²) in [6, 6.07) is 8.37. The van der Waals surface area contributed by atoms with Gasteiger partial charge in [0, 0.05) is 37.0 Å². The largest absolute Gasteiger partial charge is 0.396 e. The number of fused-ring (bicyclic) bond motifs is 1. The number of aliphatic hydroxyl groups is 1. The van der Waals surface area contributed by atoms with Gasteiger partial charge in [0.05, 0.1) is 0 Å². The van der Waals surface area contributed by atoms with Crippen molar-refractivity contribution >= 4 is 10.8 Å². The molecule has 20 heavy (non-hydrogen) atoms. The van der Waals surface area contributed by atoms with Gasteiger partial charge in [-0.05, 0) is 36.8 Å². The highest BCUT2D eigenvalue weighted by Crippen LogP contribution is 2.22. The van der Waals surface area contributed by atoms with E-state index in [1.807, 2.05) is 24.5 Å². The van der Waals surface area contributed by atoms with Crippen molar-refractivity contribution in [3.8, 4) is 0 Å². The van der Waals surface area contributed by atoms with E-state index in [1.165, 1.54) is 5.39 Å². The second-order valence-electron chi connectivity index (χ2n) is 4.98. The van der Waals surface area contributed by atoms with Crippen LogP contribution < -0.4 is 11.1 Å². The fraction of sp³-hybridized carbons (Fsp3) is 0.438. The van der Waals surface area contributed by atoms with E-state index < -0.39 is 0 Å². The van der Waals surface area contributed by atoms with Gasteiger partial charge in [0.15, 0.2) is 0 Å². The van der Waals surface area contributed by atoms with E-state index in [4.69, 9.17) is 10.8 Å². The molecule has 0 saturated heterocycles. The topological polar surface area (TPSA) is 71.2 Å². The molecule has 2 rings (SSSR count). The Morgan fingerprint density at radius 1 is 1.15 bits per heavy atom. The predicted octanol–water partition coefficient (Wildman–Crippen LogP) is 1.99. The van der Waals surface area contributed by atoms with Crippen molar-refractivity contribution < 1.29 is 5.11 Å². The maximum absolute atomic E-state index is 8.77. The summed E-state index contributed by atoms with van der Waals surface area (Å²) in [7, 11) is 0. The van der Waals surface area contributed by atoms with Gasteiger partial charge in [-0.2, -0.15) is 0 Å². The second-order valence-corrected chi connectivity index (χ2v) is 4.98. The number of aliphatic hydroxyl groups excluding tert-OH is 1. The summed E-state index contributed by atoms with van der Waals surface area (Å²) in [5.74, 6) is 0. The maximum atomic E-state index is 8.77. The average molecular weight is 273 g/mol. The minimum Gasteiger partial charge on any atom is -0.396 e. The van der Waals surface area contributed by atoms with Gasteiger partial charge in [0.25, 0.3) is 0 Å². The van der Waals surface area contributed by atoms with Crippen LogP contribution in [0.2, 0.25) is 0 Å². The van der Waals surface area contributed by atoms with E-state index >= 15 is 0 Å². The Morgan fingerprint density at radius 2 is 2.00 bits per heavy atom. The molecule has 1 aromatic heterocycles. The second kappa shape index (κ2) is 7.94. The minimum absolute atomic E-state index is 0.128. The zero-order valence-electron chi connectivity index (χ0n) is 11.8. The molecule has 4 heteroatoms. The molecule has 108 valence electrons. The van der Waals surface area contributed by atoms with E-state index in [2.05, 4.69) is 22.4 Å². The molecule has 0 amide bonds. The maximum Gasteiger partial charge on any atom is 0.0466 e. The Labute approximate surface area is 120 Å². The summed E-state index contributed by atoms with van der Waals surface area (Å²) in [6.07, 6.45) is 6.74. The van der Waals surface area contributed by atoms with Gasteiger partial charge in [0.2, 0.25) is 0 Å². The number of pyridine rings is 1. The third-order valence-corrected chi connectivity index (χ3v) is 3.54. The van der Waals surface area contributed by atoms with Crippen LogP contribution in [-0.4, -0.2) is 29.8 Å². The zero-order chi connectivity index (χ0) is 14.2. The monoisotopic (exact) mass is 273 g/mol. The molecule has 0 radical (unpaired) electrons. The van der Waals surface area contributed by atoms with Crippen LogP contribution in [0.4, 0.5) is 0 Å². The van der Waals surface area contributed by atoms with E-state index in [-0.39, 0.29) is 12.6 Å². The number of hydrogen-bond donors (Lipinski definition) is 3. The molecule has 2 aromatic rings. The first-order valence-electron chi connectivity index (χ1n) is 7.23. The van der Waals surface area contributed by atoms with Crippen LogP contribution in [0.1, 0.15) is 30.9 Å². The molecular formula is C16H23N3O. The number of nitrogens with zero attached hydrogens (tertiary/aromatic N) is 1. The summed E-state index contributed by atoms with van der Waals surface area (Å²) in [5, 5.41) is 14.6. The van der Waals surface area contributed by atoms with Crippen molar-refractivity contribution in [2.75, 3.05) is 19.7 Å². The number of benzene rings is 1. The first-order chi connectivity index (χ1) is 9.86. The fourth-order valence-electron chi connectivity index (χ4n) is 2.43. The van der Waals surface area contributed by atoms with Crippen LogP contribution in [0, 0.1) is 0 Å². The number of hydrogen-bond acceptors (Lipinski definition) is 4. The Kier molecular flexibility index (Phi) is 5.92. The van der Waals surface area contributed by atoms with Crippen LogP contribution in [0.3, 0.4) is 0 Å². The summed E-state index contributed by atoms with van der Waals surface area (Å²) < 4.78 is 0. The van der Waals surface area contributed by atoms with Crippen molar-refractivity contribution in [1.82, 2.24) is 10.3 Å². The Hall–Kier alpha value is -1.49. The van der Waals surface area contributed by atoms with Gasteiger partial charge in [0.1, 0.15) is 0 Å². The van der Waals surface area contributed by atoms with Crippen molar-refractivity contribution in [3.05, 3.63) is 42.2 Å². The minimum atomic E-state index is 0.128. The lowest BCUT2D eigenvalue weighted by Crippen LogP contribution is -2.29. The summed E-state index contributed by atoms with van der Waals surface area (Å²) in [4.78, 5) is 4.31. The van der Waals surface area contributed by atoms with Crippen molar-refractivity contribution in [3.63, 3.8) is 0 Å². The van der Waals surface area contributed by atoms with Crippen LogP contribution in [0.25, 0.3) is 10.8 Å². The first-order valence-corrected chi connectivity index (χ1v) is 7.23. The number of nitrogens with one attached hydrogen (secondary N) is 1. The van der Waals surface area contributed by atoms with Crippen LogP contribution in [0.5, 0.6) is 0 Å². The summed E-state index contributed by atoms with van der Waals surface area (Å²) in [6.45, 7) is 1.73. The summed E-state index contributed by atoms with van der Waals surface area (Å²) >= 11 is 0. The molecule has 0 aliphatic rings. The third kappa shape index (κ3) is 3.76. The lowest BCUT2D eigenvalue weighted by Gasteiger charge is -2.18. The first kappa shape index (κ1) is 14.9. The molecule has 1 unspecified atom stereocenters. The van der Waals surface area contributed by atoms with Gasteiger partial charge >= 0.3 is 0 Å². The Balaban J connectivity index is 2.05. The number of nitrogens with two attached hydrogens (primary N) is 1. The highest BCUT2D eigenvalue weighted by atomic mass is 16.2. The fourth-order valence-corrected chi connectivity index (χ4v) is 2.43. The lowest BCUT2D eigenvalue weighted by molar-refractivity contribution is 0.282. The molecule has 1 aromatic carbocycles. The van der Waals surface area contributed by atoms with Crippen LogP contribution in [0.15, 0.2) is 36.7 Å². The molecule has 0 bridgehead atoms. The number of unbranched alkanes of at least 4 members (excludes halogenated alkanes) is 2. The van der Waals surface area contributed by atoms with Crippen molar-refractivity contribution in [2.24, 2.45) is 5.73 Å². The SMILES string of the molecule is NCC(NCCCCCO)c1cncc2ccccc12. The van der Waals surface area contributed by atoms with Gasteiger partial charge in [-0.15, -0.1) is 0 Å². The molecule has 0 saturated carbocycles. The summed E-state index contributed by atoms with van der Waals surface area (Å²) in [5.41, 5.74) is 7.07. The Bertz CT molecular complexity index is 525. The van der Waals surface area contributed by atoms with Gasteiger partial charge in [-0.1, -0.05) is 24.3 Å². The van der Waals surface area contributed by atoms with Crippen molar-refractivity contribution in [1.29, 1.82) is 0 Å².